The summed E-state index contributed by atoms with van der Waals surface area (Å²) in [5.74, 6) is 0. The number of nitriles is 1. The second-order valence-corrected chi connectivity index (χ2v) is 9.73. The standard InChI is InChI=1S/C13H17NO2Si/c1-17(2,3)16-13(9-14)10-15-8-11-6-4-5-7-12(11)13/h4-7H,8,10H2,1-3H3. The van der Waals surface area contributed by atoms with Gasteiger partial charge in [-0.05, 0) is 25.2 Å². The van der Waals surface area contributed by atoms with Gasteiger partial charge in [0.2, 0.25) is 0 Å². The molecule has 4 heteroatoms. The zero-order valence-electron chi connectivity index (χ0n) is 10.5. The molecule has 1 aliphatic rings. The molecule has 1 heterocycles. The lowest BCUT2D eigenvalue weighted by Gasteiger charge is -2.37. The van der Waals surface area contributed by atoms with E-state index in [9.17, 15) is 5.26 Å². The zero-order valence-corrected chi connectivity index (χ0v) is 11.5. The number of benzene rings is 1. The number of rotatable bonds is 2. The van der Waals surface area contributed by atoms with Crippen LogP contribution in [0.2, 0.25) is 19.6 Å². The Kier molecular flexibility index (Phi) is 3.08. The van der Waals surface area contributed by atoms with E-state index in [1.54, 1.807) is 0 Å². The molecule has 0 amide bonds. The molecule has 0 spiro atoms. The minimum Gasteiger partial charge on any atom is -0.395 e. The Morgan fingerprint density at radius 1 is 1.35 bits per heavy atom. The molecule has 90 valence electrons. The summed E-state index contributed by atoms with van der Waals surface area (Å²) in [4.78, 5) is 0. The fourth-order valence-electron chi connectivity index (χ4n) is 2.15. The lowest BCUT2D eigenvalue weighted by atomic mass is 9.90. The number of hydrogen-bond donors (Lipinski definition) is 0. The van der Waals surface area contributed by atoms with Crippen LogP contribution in [0.3, 0.4) is 0 Å². The molecule has 2 rings (SSSR count). The molecule has 3 nitrogen and oxygen atoms in total. The first-order valence-corrected chi connectivity index (χ1v) is 9.15. The predicted octanol–water partition coefficient (Wildman–Crippen LogP) is 2.79. The fourth-order valence-corrected chi connectivity index (χ4v) is 3.40. The summed E-state index contributed by atoms with van der Waals surface area (Å²) in [6, 6.07) is 10.2. The Labute approximate surface area is 103 Å². The van der Waals surface area contributed by atoms with E-state index in [-0.39, 0.29) is 0 Å². The van der Waals surface area contributed by atoms with Crippen molar-refractivity contribution in [1.82, 2.24) is 0 Å². The monoisotopic (exact) mass is 247 g/mol. The molecule has 0 N–H and O–H groups in total. The summed E-state index contributed by atoms with van der Waals surface area (Å²) in [5, 5.41) is 9.52. The molecule has 1 aromatic rings. The number of nitrogens with zero attached hydrogens (tertiary/aromatic N) is 1. The molecule has 0 aromatic heterocycles. The third-order valence-corrected chi connectivity index (χ3v) is 3.64. The third kappa shape index (κ3) is 2.42. The van der Waals surface area contributed by atoms with Crippen LogP contribution in [0.4, 0.5) is 0 Å². The van der Waals surface area contributed by atoms with Crippen LogP contribution in [0.5, 0.6) is 0 Å². The van der Waals surface area contributed by atoms with Crippen molar-refractivity contribution < 1.29 is 9.16 Å². The van der Waals surface area contributed by atoms with Gasteiger partial charge in [-0.3, -0.25) is 0 Å². The van der Waals surface area contributed by atoms with Crippen molar-refractivity contribution in [2.75, 3.05) is 6.61 Å². The van der Waals surface area contributed by atoms with Gasteiger partial charge in [-0.2, -0.15) is 5.26 Å². The van der Waals surface area contributed by atoms with Gasteiger partial charge in [0.05, 0.1) is 13.2 Å². The summed E-state index contributed by atoms with van der Waals surface area (Å²) in [6.45, 7) is 7.15. The lowest BCUT2D eigenvalue weighted by Crippen LogP contribution is -2.45. The van der Waals surface area contributed by atoms with Crippen molar-refractivity contribution in [3.63, 3.8) is 0 Å². The van der Waals surface area contributed by atoms with Crippen LogP contribution >= 0.6 is 0 Å². The number of ether oxygens (including phenoxy) is 1. The molecule has 0 saturated heterocycles. The molecular formula is C13H17NO2Si. The molecule has 0 fully saturated rings. The van der Waals surface area contributed by atoms with Crippen molar-refractivity contribution in [1.29, 1.82) is 5.26 Å². The maximum Gasteiger partial charge on any atom is 0.194 e. The molecule has 0 aliphatic carbocycles. The van der Waals surface area contributed by atoms with Crippen LogP contribution in [0.25, 0.3) is 0 Å². The SMILES string of the molecule is C[Si](C)(C)OC1(C#N)COCc2ccccc21. The van der Waals surface area contributed by atoms with Crippen LogP contribution < -0.4 is 0 Å². The summed E-state index contributed by atoms with van der Waals surface area (Å²) < 4.78 is 11.6. The van der Waals surface area contributed by atoms with Crippen molar-refractivity contribution in [2.24, 2.45) is 0 Å². The van der Waals surface area contributed by atoms with E-state index in [1.807, 2.05) is 24.3 Å². The van der Waals surface area contributed by atoms with Crippen LogP contribution in [-0.4, -0.2) is 14.9 Å². The van der Waals surface area contributed by atoms with Gasteiger partial charge in [-0.25, -0.2) is 0 Å². The van der Waals surface area contributed by atoms with Gasteiger partial charge in [0.25, 0.3) is 0 Å². The molecule has 17 heavy (non-hydrogen) atoms. The summed E-state index contributed by atoms with van der Waals surface area (Å²) in [6.07, 6.45) is 0. The Morgan fingerprint density at radius 3 is 2.71 bits per heavy atom. The fraction of sp³-hybridized carbons (Fsp3) is 0.462. The maximum absolute atomic E-state index is 9.52. The van der Waals surface area contributed by atoms with Gasteiger partial charge in [0, 0.05) is 5.56 Å². The predicted molar refractivity (Wildman–Crippen MR) is 67.8 cm³/mol. The summed E-state index contributed by atoms with van der Waals surface area (Å²) in [5.41, 5.74) is 1.11. The molecule has 1 atom stereocenters. The van der Waals surface area contributed by atoms with Gasteiger partial charge in [-0.15, -0.1) is 0 Å². The van der Waals surface area contributed by atoms with Gasteiger partial charge in [0.15, 0.2) is 13.9 Å². The van der Waals surface area contributed by atoms with Crippen molar-refractivity contribution >= 4 is 8.32 Å². The van der Waals surface area contributed by atoms with Crippen molar-refractivity contribution in [3.8, 4) is 6.07 Å². The van der Waals surface area contributed by atoms with Crippen LogP contribution in [0, 0.1) is 11.3 Å². The highest BCUT2D eigenvalue weighted by molar-refractivity contribution is 6.69. The van der Waals surface area contributed by atoms with Gasteiger partial charge < -0.3 is 9.16 Å². The third-order valence-electron chi connectivity index (χ3n) is 2.68. The van der Waals surface area contributed by atoms with E-state index < -0.39 is 13.9 Å². The van der Waals surface area contributed by atoms with Crippen molar-refractivity contribution in [2.45, 2.75) is 31.8 Å². The average molecular weight is 247 g/mol. The van der Waals surface area contributed by atoms with Crippen LogP contribution in [0.1, 0.15) is 11.1 Å². The molecule has 0 radical (unpaired) electrons. The highest BCUT2D eigenvalue weighted by Crippen LogP contribution is 2.35. The minimum absolute atomic E-state index is 0.324. The van der Waals surface area contributed by atoms with Gasteiger partial charge in [-0.1, -0.05) is 24.3 Å². The smallest absolute Gasteiger partial charge is 0.194 e. The number of fused-ring (bicyclic) bond motifs is 1. The Hall–Kier alpha value is -1.15. The quantitative estimate of drug-likeness (QED) is 0.755. The average Bonchev–Trinajstić information content (AvgIpc) is 2.27. The minimum atomic E-state index is -1.81. The van der Waals surface area contributed by atoms with E-state index in [4.69, 9.17) is 9.16 Å². The molecule has 1 aromatic carbocycles. The first-order chi connectivity index (χ1) is 7.97. The molecule has 0 bridgehead atoms. The normalized spacial score (nSPS) is 23.9. The Balaban J connectivity index is 2.47. The number of hydrogen-bond acceptors (Lipinski definition) is 3. The van der Waals surface area contributed by atoms with E-state index in [2.05, 4.69) is 25.7 Å². The Morgan fingerprint density at radius 2 is 2.06 bits per heavy atom. The highest BCUT2D eigenvalue weighted by atomic mass is 28.4. The summed E-state index contributed by atoms with van der Waals surface area (Å²) in [7, 11) is -1.81. The lowest BCUT2D eigenvalue weighted by molar-refractivity contribution is -0.0241. The van der Waals surface area contributed by atoms with Crippen molar-refractivity contribution in [3.05, 3.63) is 35.4 Å². The largest absolute Gasteiger partial charge is 0.395 e. The zero-order chi connectivity index (χ0) is 12.5. The summed E-state index contributed by atoms with van der Waals surface area (Å²) >= 11 is 0. The second kappa shape index (κ2) is 4.26. The highest BCUT2D eigenvalue weighted by Gasteiger charge is 2.42. The molecule has 1 aliphatic heterocycles. The Bertz CT molecular complexity index is 461. The van der Waals surface area contributed by atoms with Crippen LogP contribution in [-0.2, 0) is 21.4 Å². The van der Waals surface area contributed by atoms with Gasteiger partial charge in [0.1, 0.15) is 6.07 Å². The van der Waals surface area contributed by atoms with Gasteiger partial charge >= 0.3 is 0 Å². The molecule has 0 saturated carbocycles. The van der Waals surface area contributed by atoms with Crippen LogP contribution in [0.15, 0.2) is 24.3 Å². The second-order valence-electron chi connectivity index (χ2n) is 5.30. The van der Waals surface area contributed by atoms with E-state index in [0.29, 0.717) is 13.2 Å². The van der Waals surface area contributed by atoms with E-state index in [1.165, 1.54) is 0 Å². The molecule has 1 unspecified atom stereocenters. The molecular weight excluding hydrogens is 230 g/mol. The van der Waals surface area contributed by atoms with E-state index >= 15 is 0 Å². The topological polar surface area (TPSA) is 42.2 Å². The van der Waals surface area contributed by atoms with E-state index in [0.717, 1.165) is 11.1 Å². The maximum atomic E-state index is 9.52. The first kappa shape index (κ1) is 12.3. The first-order valence-electron chi connectivity index (χ1n) is 5.74.